The van der Waals surface area contributed by atoms with Crippen molar-refractivity contribution in [3.05, 3.63) is 28.3 Å². The number of hydrogen-bond donors (Lipinski definition) is 1. The number of anilines is 1. The Morgan fingerprint density at radius 2 is 2.16 bits per heavy atom. The second kappa shape index (κ2) is 7.58. The third-order valence-electron chi connectivity index (χ3n) is 2.70. The van der Waals surface area contributed by atoms with Crippen molar-refractivity contribution in [1.29, 1.82) is 0 Å². The summed E-state index contributed by atoms with van der Waals surface area (Å²) < 4.78 is 5.49. The predicted molar refractivity (Wildman–Crippen MR) is 75.8 cm³/mol. The molecule has 6 heteroatoms. The van der Waals surface area contributed by atoms with Gasteiger partial charge in [0.2, 0.25) is 0 Å². The first-order valence-electron chi connectivity index (χ1n) is 6.42. The zero-order valence-corrected chi connectivity index (χ0v) is 11.5. The first kappa shape index (κ1) is 15.2. The Hall–Kier alpha value is -1.82. The number of non-ortho nitro benzene ring substituents is 1. The van der Waals surface area contributed by atoms with E-state index in [1.165, 1.54) is 6.07 Å². The van der Waals surface area contributed by atoms with Crippen molar-refractivity contribution in [3.8, 4) is 5.75 Å². The molecule has 0 heterocycles. The maximum atomic E-state index is 10.9. The normalized spacial score (nSPS) is 10.3. The van der Waals surface area contributed by atoms with Crippen molar-refractivity contribution in [1.82, 2.24) is 0 Å². The Morgan fingerprint density at radius 1 is 1.42 bits per heavy atom. The number of nitro groups is 1. The summed E-state index contributed by atoms with van der Waals surface area (Å²) in [5.41, 5.74) is 6.29. The summed E-state index contributed by atoms with van der Waals surface area (Å²) in [5, 5.41) is 10.9. The van der Waals surface area contributed by atoms with Crippen LogP contribution < -0.4 is 15.4 Å². The van der Waals surface area contributed by atoms with Crippen LogP contribution >= 0.6 is 0 Å². The van der Waals surface area contributed by atoms with Crippen LogP contribution in [0.2, 0.25) is 0 Å². The predicted octanol–water partition coefficient (Wildman–Crippen LogP) is 2.17. The van der Waals surface area contributed by atoms with Gasteiger partial charge in [-0.05, 0) is 19.4 Å². The van der Waals surface area contributed by atoms with E-state index in [0.29, 0.717) is 18.9 Å². The highest BCUT2D eigenvalue weighted by atomic mass is 16.6. The van der Waals surface area contributed by atoms with Gasteiger partial charge in [0.05, 0.1) is 17.6 Å². The molecule has 1 rings (SSSR count). The van der Waals surface area contributed by atoms with Gasteiger partial charge in [0, 0.05) is 31.4 Å². The maximum Gasteiger partial charge on any atom is 0.275 e. The van der Waals surface area contributed by atoms with Crippen molar-refractivity contribution in [2.24, 2.45) is 5.73 Å². The Kier molecular flexibility index (Phi) is 6.08. The summed E-state index contributed by atoms with van der Waals surface area (Å²) in [5.74, 6) is 0.533. The monoisotopic (exact) mass is 267 g/mol. The minimum atomic E-state index is -0.404. The smallest absolute Gasteiger partial charge is 0.275 e. The lowest BCUT2D eigenvalue weighted by atomic mass is 10.2. The standard InChI is InChI=1S/C13H21N3O3/c1-3-7-19-13-9-11(15(2)6-4-5-14)8-12(10-13)16(17)18/h8-10H,3-7,14H2,1-2H3. The van der Waals surface area contributed by atoms with Crippen LogP contribution in [0.3, 0.4) is 0 Å². The molecule has 6 nitrogen and oxygen atoms in total. The molecule has 0 unspecified atom stereocenters. The number of ether oxygens (including phenoxy) is 1. The number of hydrogen-bond acceptors (Lipinski definition) is 5. The van der Waals surface area contributed by atoms with Crippen LogP contribution in [0.4, 0.5) is 11.4 Å². The minimum Gasteiger partial charge on any atom is -0.493 e. The van der Waals surface area contributed by atoms with Gasteiger partial charge in [-0.2, -0.15) is 0 Å². The molecule has 0 saturated carbocycles. The Bertz CT molecular complexity index is 424. The Morgan fingerprint density at radius 3 is 2.74 bits per heavy atom. The average Bonchev–Trinajstić information content (AvgIpc) is 2.42. The minimum absolute atomic E-state index is 0.0446. The van der Waals surface area contributed by atoms with Crippen LogP contribution in [0.1, 0.15) is 19.8 Å². The van der Waals surface area contributed by atoms with Gasteiger partial charge in [-0.25, -0.2) is 0 Å². The van der Waals surface area contributed by atoms with E-state index >= 15 is 0 Å². The molecule has 0 aliphatic heterocycles. The van der Waals surface area contributed by atoms with E-state index in [1.54, 1.807) is 6.07 Å². The van der Waals surface area contributed by atoms with E-state index in [0.717, 1.165) is 25.1 Å². The van der Waals surface area contributed by atoms with Crippen LogP contribution in [0, 0.1) is 10.1 Å². The van der Waals surface area contributed by atoms with E-state index in [-0.39, 0.29) is 5.69 Å². The van der Waals surface area contributed by atoms with Gasteiger partial charge in [0.25, 0.3) is 5.69 Å². The molecule has 0 aromatic heterocycles. The molecule has 0 fully saturated rings. The highest BCUT2D eigenvalue weighted by Gasteiger charge is 2.12. The molecule has 106 valence electrons. The van der Waals surface area contributed by atoms with Crippen molar-refractivity contribution in [2.45, 2.75) is 19.8 Å². The van der Waals surface area contributed by atoms with Crippen molar-refractivity contribution < 1.29 is 9.66 Å². The third-order valence-corrected chi connectivity index (χ3v) is 2.70. The first-order chi connectivity index (χ1) is 9.08. The number of nitro benzene ring substituents is 1. The van der Waals surface area contributed by atoms with Gasteiger partial charge < -0.3 is 15.4 Å². The molecule has 0 atom stereocenters. The van der Waals surface area contributed by atoms with Gasteiger partial charge in [-0.3, -0.25) is 10.1 Å². The van der Waals surface area contributed by atoms with Crippen LogP contribution in [-0.2, 0) is 0 Å². The Labute approximate surface area is 113 Å². The molecule has 0 spiro atoms. The third kappa shape index (κ3) is 4.75. The molecular formula is C13H21N3O3. The second-order valence-corrected chi connectivity index (χ2v) is 4.35. The van der Waals surface area contributed by atoms with Crippen molar-refractivity contribution in [2.75, 3.05) is 31.6 Å². The van der Waals surface area contributed by atoms with Gasteiger partial charge >= 0.3 is 0 Å². The molecule has 0 amide bonds. The quantitative estimate of drug-likeness (QED) is 0.576. The summed E-state index contributed by atoms with van der Waals surface area (Å²) in [6.07, 6.45) is 1.70. The fourth-order valence-electron chi connectivity index (χ4n) is 1.65. The fourth-order valence-corrected chi connectivity index (χ4v) is 1.65. The summed E-state index contributed by atoms with van der Waals surface area (Å²) in [7, 11) is 1.89. The summed E-state index contributed by atoms with van der Waals surface area (Å²) in [6, 6.07) is 4.82. The summed E-state index contributed by atoms with van der Waals surface area (Å²) >= 11 is 0. The number of nitrogens with two attached hydrogens (primary N) is 1. The zero-order chi connectivity index (χ0) is 14.3. The van der Waals surface area contributed by atoms with Gasteiger partial charge in [-0.1, -0.05) is 6.92 Å². The highest BCUT2D eigenvalue weighted by molar-refractivity contribution is 5.57. The molecular weight excluding hydrogens is 246 g/mol. The maximum absolute atomic E-state index is 10.9. The van der Waals surface area contributed by atoms with Crippen LogP contribution in [0.15, 0.2) is 18.2 Å². The van der Waals surface area contributed by atoms with Crippen LogP contribution in [0.5, 0.6) is 5.75 Å². The second-order valence-electron chi connectivity index (χ2n) is 4.35. The van der Waals surface area contributed by atoms with E-state index in [1.807, 2.05) is 24.9 Å². The van der Waals surface area contributed by atoms with Gasteiger partial charge in [-0.15, -0.1) is 0 Å². The molecule has 0 saturated heterocycles. The molecule has 0 bridgehead atoms. The molecule has 1 aromatic carbocycles. The molecule has 1 aromatic rings. The largest absolute Gasteiger partial charge is 0.493 e. The number of benzene rings is 1. The lowest BCUT2D eigenvalue weighted by Gasteiger charge is -2.19. The van der Waals surface area contributed by atoms with Gasteiger partial charge in [0.15, 0.2) is 0 Å². The van der Waals surface area contributed by atoms with Crippen LogP contribution in [-0.4, -0.2) is 31.7 Å². The van der Waals surface area contributed by atoms with Crippen LogP contribution in [0.25, 0.3) is 0 Å². The average molecular weight is 267 g/mol. The summed E-state index contributed by atoms with van der Waals surface area (Å²) in [4.78, 5) is 12.5. The van der Waals surface area contributed by atoms with E-state index < -0.39 is 4.92 Å². The zero-order valence-electron chi connectivity index (χ0n) is 11.5. The van der Waals surface area contributed by atoms with Crippen molar-refractivity contribution >= 4 is 11.4 Å². The number of rotatable bonds is 8. The SMILES string of the molecule is CCCOc1cc(N(C)CCCN)cc([N+](=O)[O-])c1. The summed E-state index contributed by atoms with van der Waals surface area (Å²) in [6.45, 7) is 3.89. The lowest BCUT2D eigenvalue weighted by Crippen LogP contribution is -2.21. The molecule has 2 N–H and O–H groups in total. The molecule has 0 aliphatic rings. The topological polar surface area (TPSA) is 81.6 Å². The number of nitrogens with zero attached hydrogens (tertiary/aromatic N) is 2. The Balaban J connectivity index is 2.94. The van der Waals surface area contributed by atoms with Crippen molar-refractivity contribution in [3.63, 3.8) is 0 Å². The van der Waals surface area contributed by atoms with E-state index in [9.17, 15) is 10.1 Å². The molecule has 19 heavy (non-hydrogen) atoms. The molecule has 0 aliphatic carbocycles. The highest BCUT2D eigenvalue weighted by Crippen LogP contribution is 2.28. The van der Waals surface area contributed by atoms with Gasteiger partial charge in [0.1, 0.15) is 5.75 Å². The first-order valence-corrected chi connectivity index (χ1v) is 6.42. The van der Waals surface area contributed by atoms with E-state index in [2.05, 4.69) is 0 Å². The van der Waals surface area contributed by atoms with E-state index in [4.69, 9.17) is 10.5 Å². The molecule has 0 radical (unpaired) electrons. The fraction of sp³-hybridized carbons (Fsp3) is 0.538. The lowest BCUT2D eigenvalue weighted by molar-refractivity contribution is -0.384.